The van der Waals surface area contributed by atoms with Gasteiger partial charge in [-0.05, 0) is 29.8 Å². The summed E-state index contributed by atoms with van der Waals surface area (Å²) >= 11 is 0. The highest BCUT2D eigenvalue weighted by Crippen LogP contribution is 2.36. The normalized spacial score (nSPS) is 15.7. The van der Waals surface area contributed by atoms with E-state index in [1.165, 1.54) is 5.56 Å². The third-order valence-electron chi connectivity index (χ3n) is 5.12. The van der Waals surface area contributed by atoms with E-state index in [1.807, 2.05) is 89.9 Å². The number of amides is 1. The van der Waals surface area contributed by atoms with Crippen molar-refractivity contribution in [1.82, 2.24) is 9.78 Å². The molecule has 142 valence electrons. The SMILES string of the molecule is O=C1c2ccccc2NC(c2cnn(Cc3ccccc3)c2)N1c1ccccc1. The van der Waals surface area contributed by atoms with E-state index >= 15 is 0 Å². The number of fused-ring (bicyclic) bond motifs is 1. The molecule has 1 aliphatic rings. The van der Waals surface area contributed by atoms with Crippen molar-refractivity contribution in [3.63, 3.8) is 0 Å². The maximum Gasteiger partial charge on any atom is 0.262 e. The Morgan fingerprint density at radius 1 is 0.862 bits per heavy atom. The van der Waals surface area contributed by atoms with Crippen LogP contribution in [0.1, 0.15) is 27.7 Å². The molecule has 1 amide bonds. The predicted molar refractivity (Wildman–Crippen MR) is 114 cm³/mol. The van der Waals surface area contributed by atoms with Crippen LogP contribution in [0.15, 0.2) is 97.3 Å². The van der Waals surface area contributed by atoms with Crippen LogP contribution in [0.4, 0.5) is 11.4 Å². The Bertz CT molecular complexity index is 1140. The summed E-state index contributed by atoms with van der Waals surface area (Å²) in [6, 6.07) is 27.6. The average molecular weight is 380 g/mol. The Kier molecular flexibility index (Phi) is 4.33. The third kappa shape index (κ3) is 3.27. The van der Waals surface area contributed by atoms with E-state index in [0.29, 0.717) is 12.1 Å². The zero-order valence-electron chi connectivity index (χ0n) is 15.8. The lowest BCUT2D eigenvalue weighted by molar-refractivity contribution is 0.0975. The second-order valence-electron chi connectivity index (χ2n) is 7.06. The first-order chi connectivity index (χ1) is 14.3. The molecule has 3 aromatic carbocycles. The summed E-state index contributed by atoms with van der Waals surface area (Å²) in [5, 5.41) is 8.06. The zero-order chi connectivity index (χ0) is 19.6. The summed E-state index contributed by atoms with van der Waals surface area (Å²) in [6.45, 7) is 0.684. The van der Waals surface area contributed by atoms with E-state index in [1.54, 1.807) is 4.90 Å². The van der Waals surface area contributed by atoms with Crippen LogP contribution in [-0.4, -0.2) is 15.7 Å². The summed E-state index contributed by atoms with van der Waals surface area (Å²) in [6.07, 6.45) is 3.50. The summed E-state index contributed by atoms with van der Waals surface area (Å²) in [4.78, 5) is 15.2. The Balaban J connectivity index is 1.53. The maximum atomic E-state index is 13.4. The van der Waals surface area contributed by atoms with Crippen molar-refractivity contribution in [2.45, 2.75) is 12.7 Å². The van der Waals surface area contributed by atoms with Crippen molar-refractivity contribution in [2.75, 3.05) is 10.2 Å². The highest BCUT2D eigenvalue weighted by Gasteiger charge is 2.34. The number of carbonyl (C=O) groups is 1. The predicted octanol–water partition coefficient (Wildman–Crippen LogP) is 4.70. The molecule has 5 heteroatoms. The van der Waals surface area contributed by atoms with E-state index in [-0.39, 0.29) is 12.1 Å². The molecule has 1 atom stereocenters. The maximum absolute atomic E-state index is 13.4. The smallest absolute Gasteiger partial charge is 0.262 e. The van der Waals surface area contributed by atoms with E-state index in [2.05, 4.69) is 22.5 Å². The van der Waals surface area contributed by atoms with Crippen molar-refractivity contribution in [3.8, 4) is 0 Å². The van der Waals surface area contributed by atoms with Gasteiger partial charge in [0.05, 0.1) is 18.3 Å². The molecule has 29 heavy (non-hydrogen) atoms. The van der Waals surface area contributed by atoms with Crippen LogP contribution in [0.25, 0.3) is 0 Å². The molecule has 1 aliphatic heterocycles. The Morgan fingerprint density at radius 2 is 1.55 bits per heavy atom. The van der Waals surface area contributed by atoms with Crippen molar-refractivity contribution in [3.05, 3.63) is 114 Å². The molecule has 0 spiro atoms. The van der Waals surface area contributed by atoms with Crippen molar-refractivity contribution < 1.29 is 4.79 Å². The number of hydrogen-bond donors (Lipinski definition) is 1. The van der Waals surface area contributed by atoms with E-state index in [0.717, 1.165) is 16.9 Å². The number of carbonyl (C=O) groups excluding carboxylic acids is 1. The number of nitrogens with zero attached hydrogens (tertiary/aromatic N) is 3. The molecule has 5 nitrogen and oxygen atoms in total. The lowest BCUT2D eigenvalue weighted by atomic mass is 10.0. The minimum Gasteiger partial charge on any atom is -0.360 e. The molecule has 1 unspecified atom stereocenters. The fourth-order valence-electron chi connectivity index (χ4n) is 3.72. The van der Waals surface area contributed by atoms with Crippen LogP contribution in [0.2, 0.25) is 0 Å². The number of para-hydroxylation sites is 2. The molecule has 0 saturated carbocycles. The van der Waals surface area contributed by atoms with Crippen LogP contribution in [0, 0.1) is 0 Å². The minimum atomic E-state index is -0.329. The van der Waals surface area contributed by atoms with Gasteiger partial charge < -0.3 is 5.32 Å². The summed E-state index contributed by atoms with van der Waals surface area (Å²) in [7, 11) is 0. The van der Waals surface area contributed by atoms with Crippen LogP contribution < -0.4 is 10.2 Å². The highest BCUT2D eigenvalue weighted by atomic mass is 16.2. The van der Waals surface area contributed by atoms with Crippen molar-refractivity contribution in [2.24, 2.45) is 0 Å². The second kappa shape index (κ2) is 7.28. The first-order valence-electron chi connectivity index (χ1n) is 9.60. The van der Waals surface area contributed by atoms with Gasteiger partial charge in [-0.25, -0.2) is 0 Å². The van der Waals surface area contributed by atoms with E-state index < -0.39 is 0 Å². The molecule has 1 aromatic heterocycles. The quantitative estimate of drug-likeness (QED) is 0.558. The van der Waals surface area contributed by atoms with Crippen molar-refractivity contribution in [1.29, 1.82) is 0 Å². The van der Waals surface area contributed by atoms with E-state index in [9.17, 15) is 4.79 Å². The zero-order valence-corrected chi connectivity index (χ0v) is 15.8. The number of aromatic nitrogens is 2. The first-order valence-corrected chi connectivity index (χ1v) is 9.60. The lowest BCUT2D eigenvalue weighted by Crippen LogP contribution is -2.43. The summed E-state index contributed by atoms with van der Waals surface area (Å²) in [5.41, 5.74) is 4.47. The lowest BCUT2D eigenvalue weighted by Gasteiger charge is -2.37. The largest absolute Gasteiger partial charge is 0.360 e. The first kappa shape index (κ1) is 17.3. The monoisotopic (exact) mass is 380 g/mol. The molecule has 0 bridgehead atoms. The Morgan fingerprint density at radius 3 is 2.34 bits per heavy atom. The molecule has 0 aliphatic carbocycles. The van der Waals surface area contributed by atoms with Crippen molar-refractivity contribution >= 4 is 17.3 Å². The van der Waals surface area contributed by atoms with Gasteiger partial charge in [-0.3, -0.25) is 14.4 Å². The molecule has 0 radical (unpaired) electrons. The molecule has 4 aromatic rings. The fraction of sp³-hybridized carbons (Fsp3) is 0.0833. The molecule has 1 N–H and O–H groups in total. The van der Waals surface area contributed by atoms with Crippen LogP contribution in [0.3, 0.4) is 0 Å². The number of nitrogens with one attached hydrogen (secondary N) is 1. The fourth-order valence-corrected chi connectivity index (χ4v) is 3.72. The van der Waals surface area contributed by atoms with Gasteiger partial charge in [-0.2, -0.15) is 5.10 Å². The van der Waals surface area contributed by atoms with Gasteiger partial charge in [0.25, 0.3) is 5.91 Å². The van der Waals surface area contributed by atoms with Gasteiger partial charge in [-0.15, -0.1) is 0 Å². The van der Waals surface area contributed by atoms with Crippen LogP contribution >= 0.6 is 0 Å². The standard InChI is InChI=1S/C24H20N4O/c29-24-21-13-7-8-14-22(21)26-23(28(24)20-11-5-2-6-12-20)19-15-25-27(17-19)16-18-9-3-1-4-10-18/h1-15,17,23,26H,16H2. The molecule has 5 rings (SSSR count). The summed E-state index contributed by atoms with van der Waals surface area (Å²) < 4.78 is 1.90. The van der Waals surface area contributed by atoms with Gasteiger partial charge in [0, 0.05) is 23.1 Å². The molecule has 2 heterocycles. The van der Waals surface area contributed by atoms with Gasteiger partial charge in [0.1, 0.15) is 6.17 Å². The molecule has 0 fully saturated rings. The Hall–Kier alpha value is -3.86. The third-order valence-corrected chi connectivity index (χ3v) is 5.12. The molecule has 0 saturated heterocycles. The van der Waals surface area contributed by atoms with Crippen LogP contribution in [0.5, 0.6) is 0 Å². The number of anilines is 2. The number of benzene rings is 3. The van der Waals surface area contributed by atoms with Gasteiger partial charge in [0.15, 0.2) is 0 Å². The number of hydrogen-bond acceptors (Lipinski definition) is 3. The molecular formula is C24H20N4O. The Labute approximate surface area is 169 Å². The average Bonchev–Trinajstić information content (AvgIpc) is 3.23. The minimum absolute atomic E-state index is 0.0219. The van der Waals surface area contributed by atoms with Crippen LogP contribution in [-0.2, 0) is 6.54 Å². The summed E-state index contributed by atoms with van der Waals surface area (Å²) in [5.74, 6) is -0.0219. The van der Waals surface area contributed by atoms with Gasteiger partial charge >= 0.3 is 0 Å². The van der Waals surface area contributed by atoms with E-state index in [4.69, 9.17) is 0 Å². The van der Waals surface area contributed by atoms with Gasteiger partial charge in [0.2, 0.25) is 0 Å². The van der Waals surface area contributed by atoms with Gasteiger partial charge in [-0.1, -0.05) is 60.7 Å². The molecular weight excluding hydrogens is 360 g/mol. The second-order valence-corrected chi connectivity index (χ2v) is 7.06. The number of rotatable bonds is 4. The topological polar surface area (TPSA) is 50.2 Å². The highest BCUT2D eigenvalue weighted by molar-refractivity contribution is 6.12.